The second kappa shape index (κ2) is 5.19. The molecule has 17 heavy (non-hydrogen) atoms. The Kier molecular flexibility index (Phi) is 3.64. The summed E-state index contributed by atoms with van der Waals surface area (Å²) in [4.78, 5) is 12.8. The van der Waals surface area contributed by atoms with E-state index < -0.39 is 6.61 Å². The third-order valence-electron chi connectivity index (χ3n) is 2.95. The zero-order valence-corrected chi connectivity index (χ0v) is 9.98. The number of aliphatic hydroxyl groups is 1. The molecule has 0 unspecified atom stereocenters. The Hall–Kier alpha value is -1.55. The minimum absolute atomic E-state index is 0.265. The summed E-state index contributed by atoms with van der Waals surface area (Å²) in [5.41, 5.74) is 2.28. The minimum atomic E-state index is -0.440. The first-order valence-electron chi connectivity index (χ1n) is 5.80. The van der Waals surface area contributed by atoms with E-state index in [1.165, 1.54) is 10.5 Å². The maximum atomic E-state index is 11.3. The van der Waals surface area contributed by atoms with Gasteiger partial charge >= 0.3 is 0 Å². The molecular formula is C13H17NO3. The van der Waals surface area contributed by atoms with Crippen molar-refractivity contribution in [2.24, 2.45) is 0 Å². The van der Waals surface area contributed by atoms with E-state index in [2.05, 4.69) is 6.07 Å². The fourth-order valence-electron chi connectivity index (χ4n) is 1.99. The lowest BCUT2D eigenvalue weighted by Crippen LogP contribution is -2.28. The van der Waals surface area contributed by atoms with E-state index >= 15 is 0 Å². The molecule has 0 spiro atoms. The van der Waals surface area contributed by atoms with Gasteiger partial charge in [0.25, 0.3) is 0 Å². The van der Waals surface area contributed by atoms with E-state index in [0.29, 0.717) is 6.54 Å². The number of aryl methyl sites for hydroxylation is 1. The van der Waals surface area contributed by atoms with Crippen molar-refractivity contribution < 1.29 is 14.6 Å². The molecule has 1 aliphatic rings. The lowest BCUT2D eigenvalue weighted by atomic mass is 10.0. The average Bonchev–Trinajstić information content (AvgIpc) is 2.37. The van der Waals surface area contributed by atoms with Gasteiger partial charge in [-0.3, -0.25) is 4.79 Å². The lowest BCUT2D eigenvalue weighted by Gasteiger charge is -2.20. The molecule has 1 N–H and O–H groups in total. The van der Waals surface area contributed by atoms with Gasteiger partial charge in [0, 0.05) is 13.6 Å². The molecule has 0 radical (unpaired) electrons. The predicted octanol–water partition coefficient (Wildman–Crippen LogP) is 0.962. The van der Waals surface area contributed by atoms with E-state index in [1.807, 2.05) is 12.1 Å². The molecule has 2 rings (SSSR count). The highest BCUT2D eigenvalue weighted by Crippen LogP contribution is 2.25. The molecule has 1 amide bonds. The van der Waals surface area contributed by atoms with Gasteiger partial charge in [-0.2, -0.15) is 0 Å². The summed E-state index contributed by atoms with van der Waals surface area (Å²) in [5, 5.41) is 8.76. The highest BCUT2D eigenvalue weighted by atomic mass is 16.5. The molecule has 0 aliphatic carbocycles. The molecule has 0 bridgehead atoms. The summed E-state index contributed by atoms with van der Waals surface area (Å²) >= 11 is 0. The Morgan fingerprint density at radius 2 is 2.35 bits per heavy atom. The number of carbonyl (C=O) groups is 1. The van der Waals surface area contributed by atoms with Crippen LogP contribution in [-0.2, 0) is 17.8 Å². The minimum Gasteiger partial charge on any atom is -0.493 e. The van der Waals surface area contributed by atoms with Crippen molar-refractivity contribution in [2.45, 2.75) is 19.4 Å². The molecular weight excluding hydrogens is 218 g/mol. The molecule has 0 saturated heterocycles. The van der Waals surface area contributed by atoms with Gasteiger partial charge in [-0.1, -0.05) is 12.1 Å². The van der Waals surface area contributed by atoms with Crippen LogP contribution in [0.5, 0.6) is 5.75 Å². The molecule has 1 heterocycles. The summed E-state index contributed by atoms with van der Waals surface area (Å²) in [5.74, 6) is 0.690. The molecule has 0 saturated carbocycles. The number of likely N-dealkylation sites (N-methyl/N-ethyl adjacent to an activating group) is 1. The highest BCUT2D eigenvalue weighted by Gasteiger charge is 2.12. The topological polar surface area (TPSA) is 49.8 Å². The number of carbonyl (C=O) groups excluding carboxylic acids is 1. The first-order valence-corrected chi connectivity index (χ1v) is 5.80. The third-order valence-corrected chi connectivity index (χ3v) is 2.95. The normalized spacial score (nSPS) is 13.8. The van der Waals surface area contributed by atoms with Gasteiger partial charge in [-0.05, 0) is 30.0 Å². The van der Waals surface area contributed by atoms with Crippen molar-refractivity contribution in [3.63, 3.8) is 0 Å². The largest absolute Gasteiger partial charge is 0.493 e. The first-order chi connectivity index (χ1) is 8.20. The van der Waals surface area contributed by atoms with Crippen molar-refractivity contribution in [3.05, 3.63) is 29.3 Å². The highest BCUT2D eigenvalue weighted by molar-refractivity contribution is 5.76. The van der Waals surface area contributed by atoms with Crippen LogP contribution in [0.1, 0.15) is 17.5 Å². The summed E-state index contributed by atoms with van der Waals surface area (Å²) in [7, 11) is 1.69. The van der Waals surface area contributed by atoms with Crippen LogP contribution in [0.4, 0.5) is 0 Å². The smallest absolute Gasteiger partial charge is 0.248 e. The quantitative estimate of drug-likeness (QED) is 0.849. The molecule has 4 nitrogen and oxygen atoms in total. The molecule has 0 atom stereocenters. The number of nitrogens with zero attached hydrogens (tertiary/aromatic N) is 1. The second-order valence-corrected chi connectivity index (χ2v) is 4.30. The van der Waals surface area contributed by atoms with E-state index in [1.54, 1.807) is 7.05 Å². The molecule has 1 aromatic carbocycles. The van der Waals surface area contributed by atoms with Crippen molar-refractivity contribution in [2.75, 3.05) is 20.3 Å². The number of amides is 1. The zero-order chi connectivity index (χ0) is 12.3. The SMILES string of the molecule is CN(Cc1ccc2c(c1)CCCO2)C(=O)CO. The van der Waals surface area contributed by atoms with Crippen molar-refractivity contribution in [1.82, 2.24) is 4.90 Å². The van der Waals surface area contributed by atoms with Gasteiger partial charge in [0.05, 0.1) is 6.61 Å². The van der Waals surface area contributed by atoms with Crippen LogP contribution < -0.4 is 4.74 Å². The zero-order valence-electron chi connectivity index (χ0n) is 9.98. The van der Waals surface area contributed by atoms with Gasteiger partial charge in [0.15, 0.2) is 0 Å². The first kappa shape index (κ1) is 11.9. The summed E-state index contributed by atoms with van der Waals surface area (Å²) in [6.45, 7) is 0.868. The molecule has 1 aromatic rings. The number of fused-ring (bicyclic) bond motifs is 1. The number of rotatable bonds is 3. The van der Waals surface area contributed by atoms with Crippen molar-refractivity contribution in [1.29, 1.82) is 0 Å². The second-order valence-electron chi connectivity index (χ2n) is 4.30. The van der Waals surface area contributed by atoms with Crippen LogP contribution >= 0.6 is 0 Å². The van der Waals surface area contributed by atoms with Gasteiger partial charge in [0.2, 0.25) is 5.91 Å². The summed E-state index contributed by atoms with van der Waals surface area (Å²) in [6.07, 6.45) is 2.07. The summed E-state index contributed by atoms with van der Waals surface area (Å²) in [6, 6.07) is 6.00. The van der Waals surface area contributed by atoms with E-state index in [9.17, 15) is 4.79 Å². The molecule has 0 fully saturated rings. The van der Waals surface area contributed by atoms with E-state index in [-0.39, 0.29) is 5.91 Å². The van der Waals surface area contributed by atoms with Crippen LogP contribution in [0.25, 0.3) is 0 Å². The molecule has 1 aliphatic heterocycles. The van der Waals surface area contributed by atoms with E-state index in [0.717, 1.165) is 30.8 Å². The van der Waals surface area contributed by atoms with Crippen LogP contribution in [0.2, 0.25) is 0 Å². The van der Waals surface area contributed by atoms with Crippen LogP contribution in [0, 0.1) is 0 Å². The fraction of sp³-hybridized carbons (Fsp3) is 0.462. The Morgan fingerprint density at radius 1 is 1.53 bits per heavy atom. The van der Waals surface area contributed by atoms with Crippen molar-refractivity contribution in [3.8, 4) is 5.75 Å². The molecule has 0 aromatic heterocycles. The number of benzene rings is 1. The predicted molar refractivity (Wildman–Crippen MR) is 63.8 cm³/mol. The van der Waals surface area contributed by atoms with Gasteiger partial charge < -0.3 is 14.7 Å². The standard InChI is InChI=1S/C13H17NO3/c1-14(13(16)9-15)8-10-4-5-12-11(7-10)3-2-6-17-12/h4-5,7,15H,2-3,6,8-9H2,1H3. The third kappa shape index (κ3) is 2.77. The Bertz CT molecular complexity index is 417. The molecule has 92 valence electrons. The number of ether oxygens (including phenoxy) is 1. The maximum absolute atomic E-state index is 11.3. The number of hydrogen-bond acceptors (Lipinski definition) is 3. The maximum Gasteiger partial charge on any atom is 0.248 e. The monoisotopic (exact) mass is 235 g/mol. The lowest BCUT2D eigenvalue weighted by molar-refractivity contribution is -0.133. The average molecular weight is 235 g/mol. The fourth-order valence-corrected chi connectivity index (χ4v) is 1.99. The number of hydrogen-bond donors (Lipinski definition) is 1. The molecule has 4 heteroatoms. The van der Waals surface area contributed by atoms with E-state index in [4.69, 9.17) is 9.84 Å². The Balaban J connectivity index is 2.09. The Labute approximate surface area is 101 Å². The summed E-state index contributed by atoms with van der Waals surface area (Å²) < 4.78 is 5.53. The Morgan fingerprint density at radius 3 is 3.12 bits per heavy atom. The number of aliphatic hydroxyl groups excluding tert-OH is 1. The van der Waals surface area contributed by atoms with Crippen LogP contribution in [0.3, 0.4) is 0 Å². The van der Waals surface area contributed by atoms with Crippen LogP contribution in [0.15, 0.2) is 18.2 Å². The van der Waals surface area contributed by atoms with Gasteiger partial charge in [-0.25, -0.2) is 0 Å². The van der Waals surface area contributed by atoms with Gasteiger partial charge in [-0.15, -0.1) is 0 Å². The van der Waals surface area contributed by atoms with Crippen molar-refractivity contribution >= 4 is 5.91 Å². The van der Waals surface area contributed by atoms with Gasteiger partial charge in [0.1, 0.15) is 12.4 Å². The van der Waals surface area contributed by atoms with Crippen LogP contribution in [-0.4, -0.2) is 36.2 Å².